The molecule has 0 aliphatic carbocycles. The van der Waals surface area contributed by atoms with Gasteiger partial charge in [-0.2, -0.15) is 0 Å². The predicted molar refractivity (Wildman–Crippen MR) is 76.9 cm³/mol. The molecule has 1 fully saturated rings. The van der Waals surface area contributed by atoms with Crippen molar-refractivity contribution in [2.45, 2.75) is 19.8 Å². The Morgan fingerprint density at radius 2 is 2.00 bits per heavy atom. The summed E-state index contributed by atoms with van der Waals surface area (Å²) in [6.45, 7) is 5.86. The fourth-order valence-electron chi connectivity index (χ4n) is 2.38. The second-order valence-corrected chi connectivity index (χ2v) is 5.13. The van der Waals surface area contributed by atoms with E-state index in [0.717, 1.165) is 23.8 Å². The highest BCUT2D eigenvalue weighted by Gasteiger charge is 2.13. The van der Waals surface area contributed by atoms with Crippen molar-refractivity contribution in [3.05, 3.63) is 35.9 Å². The fourth-order valence-corrected chi connectivity index (χ4v) is 2.38. The molecule has 0 aromatic heterocycles. The number of piperidine rings is 1. The highest BCUT2D eigenvalue weighted by molar-refractivity contribution is 5.57. The molecule has 0 bridgehead atoms. The van der Waals surface area contributed by atoms with Crippen molar-refractivity contribution < 1.29 is 4.74 Å². The lowest BCUT2D eigenvalue weighted by atomic mass is 9.99. The Morgan fingerprint density at radius 3 is 2.72 bits per heavy atom. The SMILES string of the molecule is COc1ccccc1C=CCN1CCC(C)CC1. The highest BCUT2D eigenvalue weighted by atomic mass is 16.5. The maximum atomic E-state index is 5.34. The molecule has 2 nitrogen and oxygen atoms in total. The number of rotatable bonds is 4. The molecule has 2 rings (SSSR count). The van der Waals surface area contributed by atoms with Gasteiger partial charge in [-0.3, -0.25) is 4.90 Å². The van der Waals surface area contributed by atoms with E-state index in [2.05, 4.69) is 30.0 Å². The van der Waals surface area contributed by atoms with Crippen LogP contribution in [0.2, 0.25) is 0 Å². The van der Waals surface area contributed by atoms with E-state index in [1.54, 1.807) is 7.11 Å². The molecule has 0 atom stereocenters. The Morgan fingerprint density at radius 1 is 1.28 bits per heavy atom. The number of ether oxygens (including phenoxy) is 1. The first kappa shape index (κ1) is 13.2. The Balaban J connectivity index is 1.87. The largest absolute Gasteiger partial charge is 0.496 e. The van der Waals surface area contributed by atoms with E-state index in [0.29, 0.717) is 0 Å². The molecule has 1 aliphatic heterocycles. The topological polar surface area (TPSA) is 12.5 Å². The van der Waals surface area contributed by atoms with Crippen LogP contribution in [0.3, 0.4) is 0 Å². The van der Waals surface area contributed by atoms with E-state index in [1.807, 2.05) is 18.2 Å². The Labute approximate surface area is 110 Å². The molecule has 18 heavy (non-hydrogen) atoms. The number of likely N-dealkylation sites (tertiary alicyclic amines) is 1. The van der Waals surface area contributed by atoms with Gasteiger partial charge in [0.1, 0.15) is 5.75 Å². The van der Waals surface area contributed by atoms with Crippen molar-refractivity contribution in [3.63, 3.8) is 0 Å². The first-order valence-electron chi connectivity index (χ1n) is 6.81. The second-order valence-electron chi connectivity index (χ2n) is 5.13. The average molecular weight is 245 g/mol. The van der Waals surface area contributed by atoms with Gasteiger partial charge in [0.25, 0.3) is 0 Å². The molecule has 0 saturated carbocycles. The summed E-state index contributed by atoms with van der Waals surface area (Å²) in [7, 11) is 1.72. The van der Waals surface area contributed by atoms with Crippen LogP contribution in [-0.2, 0) is 0 Å². The summed E-state index contributed by atoms with van der Waals surface area (Å²) in [6, 6.07) is 8.14. The number of para-hydroxylation sites is 1. The summed E-state index contributed by atoms with van der Waals surface area (Å²) in [4.78, 5) is 2.52. The lowest BCUT2D eigenvalue weighted by Gasteiger charge is -2.29. The standard InChI is InChI=1S/C16H23NO/c1-14-9-12-17(13-10-14)11-5-7-15-6-3-4-8-16(15)18-2/h3-8,14H,9-13H2,1-2H3. The molecule has 1 aromatic rings. The number of benzene rings is 1. The van der Waals surface area contributed by atoms with Crippen LogP contribution in [0.1, 0.15) is 25.3 Å². The molecule has 1 aromatic carbocycles. The van der Waals surface area contributed by atoms with Gasteiger partial charge in [-0.1, -0.05) is 37.3 Å². The van der Waals surface area contributed by atoms with Gasteiger partial charge in [0, 0.05) is 12.1 Å². The van der Waals surface area contributed by atoms with Crippen molar-refractivity contribution in [2.24, 2.45) is 5.92 Å². The Bertz CT molecular complexity index is 392. The van der Waals surface area contributed by atoms with Gasteiger partial charge in [0.15, 0.2) is 0 Å². The van der Waals surface area contributed by atoms with Crippen LogP contribution < -0.4 is 4.74 Å². The van der Waals surface area contributed by atoms with Gasteiger partial charge >= 0.3 is 0 Å². The predicted octanol–water partition coefficient (Wildman–Crippen LogP) is 3.44. The minimum absolute atomic E-state index is 0.902. The van der Waals surface area contributed by atoms with Crippen LogP contribution in [-0.4, -0.2) is 31.6 Å². The van der Waals surface area contributed by atoms with Crippen molar-refractivity contribution in [2.75, 3.05) is 26.7 Å². The lowest BCUT2D eigenvalue weighted by Crippen LogP contribution is -2.32. The van der Waals surface area contributed by atoms with E-state index in [9.17, 15) is 0 Å². The molecule has 0 radical (unpaired) electrons. The van der Waals surface area contributed by atoms with Crippen LogP contribution in [0.25, 0.3) is 6.08 Å². The van der Waals surface area contributed by atoms with Crippen molar-refractivity contribution in [1.82, 2.24) is 4.90 Å². The van der Waals surface area contributed by atoms with Crippen molar-refractivity contribution >= 4 is 6.08 Å². The maximum absolute atomic E-state index is 5.34. The molecule has 2 heteroatoms. The highest BCUT2D eigenvalue weighted by Crippen LogP contribution is 2.19. The first-order chi connectivity index (χ1) is 8.79. The normalized spacial score (nSPS) is 18.3. The van der Waals surface area contributed by atoms with Crippen LogP contribution in [0.15, 0.2) is 30.3 Å². The molecule has 1 aliphatic rings. The summed E-state index contributed by atoms with van der Waals surface area (Å²) in [5.41, 5.74) is 1.16. The molecular weight excluding hydrogens is 222 g/mol. The smallest absolute Gasteiger partial charge is 0.126 e. The van der Waals surface area contributed by atoms with Gasteiger partial charge in [-0.25, -0.2) is 0 Å². The zero-order valence-electron chi connectivity index (χ0n) is 11.4. The molecule has 98 valence electrons. The zero-order chi connectivity index (χ0) is 12.8. The van der Waals surface area contributed by atoms with E-state index in [-0.39, 0.29) is 0 Å². The Kier molecular flexibility index (Phi) is 4.82. The van der Waals surface area contributed by atoms with Crippen molar-refractivity contribution in [3.8, 4) is 5.75 Å². The molecule has 1 saturated heterocycles. The summed E-state index contributed by atoms with van der Waals surface area (Å²) in [5.74, 6) is 1.85. The summed E-state index contributed by atoms with van der Waals surface area (Å²) < 4.78 is 5.34. The van der Waals surface area contributed by atoms with Gasteiger partial charge in [0.05, 0.1) is 7.11 Å². The maximum Gasteiger partial charge on any atom is 0.126 e. The van der Waals surface area contributed by atoms with Crippen LogP contribution >= 0.6 is 0 Å². The van der Waals surface area contributed by atoms with Gasteiger partial charge in [-0.05, 0) is 37.9 Å². The molecule has 1 heterocycles. The quantitative estimate of drug-likeness (QED) is 0.805. The molecule has 0 amide bonds. The lowest BCUT2D eigenvalue weighted by molar-refractivity contribution is 0.210. The van der Waals surface area contributed by atoms with Gasteiger partial charge in [0.2, 0.25) is 0 Å². The van der Waals surface area contributed by atoms with E-state index >= 15 is 0 Å². The second kappa shape index (κ2) is 6.60. The number of hydrogen-bond donors (Lipinski definition) is 0. The molecule has 0 N–H and O–H groups in total. The van der Waals surface area contributed by atoms with Crippen molar-refractivity contribution in [1.29, 1.82) is 0 Å². The van der Waals surface area contributed by atoms with Crippen LogP contribution in [0.5, 0.6) is 5.75 Å². The van der Waals surface area contributed by atoms with Crippen LogP contribution in [0.4, 0.5) is 0 Å². The first-order valence-corrected chi connectivity index (χ1v) is 6.81. The molecule has 0 unspecified atom stereocenters. The summed E-state index contributed by atoms with van der Waals surface area (Å²) in [6.07, 6.45) is 7.08. The average Bonchev–Trinajstić information content (AvgIpc) is 2.41. The third-order valence-corrected chi connectivity index (χ3v) is 3.68. The van der Waals surface area contributed by atoms with E-state index in [4.69, 9.17) is 4.74 Å². The van der Waals surface area contributed by atoms with E-state index < -0.39 is 0 Å². The van der Waals surface area contributed by atoms with Crippen LogP contribution in [0, 0.1) is 5.92 Å². The number of hydrogen-bond acceptors (Lipinski definition) is 2. The Hall–Kier alpha value is -1.28. The molecule has 0 spiro atoms. The van der Waals surface area contributed by atoms with E-state index in [1.165, 1.54) is 25.9 Å². The van der Waals surface area contributed by atoms with Gasteiger partial charge in [-0.15, -0.1) is 0 Å². The third kappa shape index (κ3) is 3.61. The minimum atomic E-state index is 0.902. The van der Waals surface area contributed by atoms with Gasteiger partial charge < -0.3 is 4.74 Å². The minimum Gasteiger partial charge on any atom is -0.496 e. The molecular formula is C16H23NO. The fraction of sp³-hybridized carbons (Fsp3) is 0.500. The number of methoxy groups -OCH3 is 1. The summed E-state index contributed by atoms with van der Waals surface area (Å²) >= 11 is 0. The summed E-state index contributed by atoms with van der Waals surface area (Å²) in [5, 5.41) is 0. The zero-order valence-corrected chi connectivity index (χ0v) is 11.4. The third-order valence-electron chi connectivity index (χ3n) is 3.68. The monoisotopic (exact) mass is 245 g/mol. The number of nitrogens with zero attached hydrogens (tertiary/aromatic N) is 1.